The van der Waals surface area contributed by atoms with Crippen LogP contribution in [0, 0.1) is 0 Å². The van der Waals surface area contributed by atoms with Crippen molar-refractivity contribution in [2.24, 2.45) is 0 Å². The molecule has 1 aliphatic rings. The number of hydrogen-bond donors (Lipinski definition) is 0. The van der Waals surface area contributed by atoms with E-state index in [0.29, 0.717) is 6.37 Å². The lowest BCUT2D eigenvalue weighted by Crippen LogP contribution is -2.41. The van der Waals surface area contributed by atoms with E-state index in [4.69, 9.17) is 14.0 Å². The monoisotopic (exact) mass is 458 g/mol. The van der Waals surface area contributed by atoms with Gasteiger partial charge in [-0.05, 0) is 61.4 Å². The molecule has 128 valence electrons. The molecule has 0 bridgehead atoms. The first-order chi connectivity index (χ1) is 11.3. The Kier molecular flexibility index (Phi) is 4.99. The van der Waals surface area contributed by atoms with Crippen molar-refractivity contribution in [2.75, 3.05) is 7.11 Å². The van der Waals surface area contributed by atoms with Crippen molar-refractivity contribution in [3.05, 3.63) is 30.6 Å². The van der Waals surface area contributed by atoms with E-state index in [0.717, 1.165) is 22.3 Å². The van der Waals surface area contributed by atoms with Gasteiger partial charge in [-0.3, -0.25) is 0 Å². The molecule has 0 aliphatic carbocycles. The van der Waals surface area contributed by atoms with Crippen molar-refractivity contribution in [3.8, 4) is 16.9 Å². The van der Waals surface area contributed by atoms with Crippen LogP contribution >= 0.6 is 28.4 Å². The highest BCUT2D eigenvalue weighted by Crippen LogP contribution is 2.37. The third-order valence-electron chi connectivity index (χ3n) is 4.74. The predicted octanol–water partition coefficient (Wildman–Crippen LogP) is 3.65. The molecule has 1 unspecified atom stereocenters. The fourth-order valence-corrected chi connectivity index (χ4v) is 3.65. The number of aromatic nitrogens is 2. The van der Waals surface area contributed by atoms with Crippen LogP contribution in [0.3, 0.4) is 0 Å². The average Bonchev–Trinajstić information content (AvgIpc) is 3.09. The second kappa shape index (κ2) is 6.59. The summed E-state index contributed by atoms with van der Waals surface area (Å²) in [6, 6.07) is 6.08. The quantitative estimate of drug-likeness (QED) is 0.399. The van der Waals surface area contributed by atoms with Crippen molar-refractivity contribution in [1.82, 2.24) is 9.55 Å². The minimum absolute atomic E-state index is 0.371. The van der Waals surface area contributed by atoms with Gasteiger partial charge in [-0.1, -0.05) is 12.1 Å². The van der Waals surface area contributed by atoms with E-state index in [1.54, 1.807) is 7.11 Å². The van der Waals surface area contributed by atoms with Crippen LogP contribution in [0.1, 0.15) is 27.7 Å². The van der Waals surface area contributed by atoms with Gasteiger partial charge in [-0.15, -0.1) is 0 Å². The molecule has 1 aliphatic heterocycles. The van der Waals surface area contributed by atoms with Crippen molar-refractivity contribution in [3.63, 3.8) is 0 Å². The van der Waals surface area contributed by atoms with Crippen molar-refractivity contribution in [1.29, 1.82) is 0 Å². The number of rotatable bonds is 4. The minimum Gasteiger partial charge on any atom is -0.497 e. The molecule has 0 spiro atoms. The van der Waals surface area contributed by atoms with Gasteiger partial charge in [0.05, 0.1) is 30.9 Å². The van der Waals surface area contributed by atoms with E-state index >= 15 is 0 Å². The van der Waals surface area contributed by atoms with Gasteiger partial charge in [-0.25, -0.2) is 4.45 Å². The zero-order valence-electron chi connectivity index (χ0n) is 14.5. The Morgan fingerprint density at radius 3 is 2.38 bits per heavy atom. The second-order valence-corrected chi connectivity index (χ2v) is 8.88. The third-order valence-corrected chi connectivity index (χ3v) is 6.64. The SMILES string of the molecule is COc1cc(-c2cnn(PI)c2)ccc1B1OC(C)(C)C(C)(C)O1. The van der Waals surface area contributed by atoms with Gasteiger partial charge in [0, 0.05) is 17.2 Å². The lowest BCUT2D eigenvalue weighted by atomic mass is 9.77. The van der Waals surface area contributed by atoms with E-state index in [-0.39, 0.29) is 11.2 Å². The Hall–Kier alpha value is -0.625. The first-order valence-electron chi connectivity index (χ1n) is 7.73. The van der Waals surface area contributed by atoms with Crippen LogP contribution in [0.4, 0.5) is 0 Å². The number of ether oxygens (including phenoxy) is 1. The van der Waals surface area contributed by atoms with E-state index in [1.165, 1.54) is 0 Å². The Balaban J connectivity index is 1.93. The van der Waals surface area contributed by atoms with E-state index in [1.807, 2.05) is 56.7 Å². The summed E-state index contributed by atoms with van der Waals surface area (Å²) < 4.78 is 19.8. The maximum Gasteiger partial charge on any atom is 0.498 e. The fourth-order valence-electron chi connectivity index (χ4n) is 2.57. The van der Waals surface area contributed by atoms with Gasteiger partial charge in [0.1, 0.15) is 5.75 Å². The van der Waals surface area contributed by atoms with Gasteiger partial charge in [0.2, 0.25) is 0 Å². The van der Waals surface area contributed by atoms with Crippen LogP contribution in [0.15, 0.2) is 30.6 Å². The summed E-state index contributed by atoms with van der Waals surface area (Å²) in [4.78, 5) is 0. The summed E-state index contributed by atoms with van der Waals surface area (Å²) in [6.45, 7) is 8.19. The van der Waals surface area contributed by atoms with Crippen LogP contribution < -0.4 is 10.2 Å². The largest absolute Gasteiger partial charge is 0.498 e. The predicted molar refractivity (Wildman–Crippen MR) is 108 cm³/mol. The number of halogens is 1. The first-order valence-corrected chi connectivity index (χ1v) is 11.8. The summed E-state index contributed by atoms with van der Waals surface area (Å²) in [6.07, 6.45) is 4.49. The highest BCUT2D eigenvalue weighted by atomic mass is 127. The van der Waals surface area contributed by atoms with Crippen LogP contribution in [0.5, 0.6) is 5.75 Å². The zero-order valence-corrected chi connectivity index (χ0v) is 17.6. The van der Waals surface area contributed by atoms with Crippen LogP contribution in [-0.2, 0) is 9.31 Å². The Morgan fingerprint density at radius 2 is 1.83 bits per heavy atom. The van der Waals surface area contributed by atoms with Crippen molar-refractivity contribution in [2.45, 2.75) is 38.9 Å². The molecule has 1 fully saturated rings. The number of hydrogen-bond acceptors (Lipinski definition) is 4. The molecule has 1 aromatic heterocycles. The summed E-state index contributed by atoms with van der Waals surface area (Å²) in [5.74, 6) is 0.760. The molecule has 0 radical (unpaired) electrons. The molecule has 1 saturated heterocycles. The summed E-state index contributed by atoms with van der Waals surface area (Å²) in [5, 5.41) is 4.34. The van der Waals surface area contributed by atoms with E-state index in [9.17, 15) is 0 Å². The molecule has 5 nitrogen and oxygen atoms in total. The normalized spacial score (nSPS) is 19.3. The maximum absolute atomic E-state index is 6.14. The molecule has 2 heterocycles. The highest BCUT2D eigenvalue weighted by Gasteiger charge is 2.52. The second-order valence-electron chi connectivity index (χ2n) is 6.80. The van der Waals surface area contributed by atoms with Crippen molar-refractivity contribution < 1.29 is 14.0 Å². The van der Waals surface area contributed by atoms with E-state index in [2.05, 4.69) is 33.2 Å². The van der Waals surface area contributed by atoms with E-state index < -0.39 is 7.12 Å². The van der Waals surface area contributed by atoms with Gasteiger partial charge in [-0.2, -0.15) is 5.10 Å². The lowest BCUT2D eigenvalue weighted by molar-refractivity contribution is 0.00578. The highest BCUT2D eigenvalue weighted by molar-refractivity contribution is 14.2. The molecule has 1 atom stereocenters. The molecule has 0 N–H and O–H groups in total. The zero-order chi connectivity index (χ0) is 17.5. The molecule has 24 heavy (non-hydrogen) atoms. The Labute approximate surface area is 157 Å². The number of benzene rings is 1. The van der Waals surface area contributed by atoms with Gasteiger partial charge in [0.15, 0.2) is 0 Å². The maximum atomic E-state index is 6.14. The van der Waals surface area contributed by atoms with Crippen LogP contribution in [-0.4, -0.2) is 35.0 Å². The number of nitrogens with zero attached hydrogens (tertiary/aromatic N) is 2. The first kappa shape index (κ1) is 18.2. The molecular weight excluding hydrogens is 437 g/mol. The lowest BCUT2D eigenvalue weighted by Gasteiger charge is -2.32. The molecular formula is C16H21BIN2O3P. The smallest absolute Gasteiger partial charge is 0.497 e. The molecule has 1 aromatic carbocycles. The third kappa shape index (κ3) is 3.23. The van der Waals surface area contributed by atoms with Crippen molar-refractivity contribution >= 4 is 41.0 Å². The Bertz CT molecular complexity index is 735. The molecule has 0 amide bonds. The topological polar surface area (TPSA) is 45.5 Å². The van der Waals surface area contributed by atoms with Crippen LogP contribution in [0.25, 0.3) is 11.1 Å². The molecule has 3 rings (SSSR count). The molecule has 0 saturated carbocycles. The summed E-state index contributed by atoms with van der Waals surface area (Å²) in [5.41, 5.74) is 2.29. The standard InChI is InChI=1S/C16H21BIN2O3P/c1-15(2)16(3,4)23-17(22-15)13-7-6-11(8-14(13)21-5)12-9-19-20(10-12)24-18/h6-10,24H,1-5H3. The Morgan fingerprint density at radius 1 is 1.17 bits per heavy atom. The average molecular weight is 458 g/mol. The van der Waals surface area contributed by atoms with Gasteiger partial charge in [0.25, 0.3) is 0 Å². The molecule has 8 heteroatoms. The number of methoxy groups -OCH3 is 1. The fraction of sp³-hybridized carbons (Fsp3) is 0.438. The summed E-state index contributed by atoms with van der Waals surface area (Å²) in [7, 11) is 1.24. The van der Waals surface area contributed by atoms with Gasteiger partial charge >= 0.3 is 7.12 Å². The minimum atomic E-state index is -0.433. The van der Waals surface area contributed by atoms with Gasteiger partial charge < -0.3 is 14.0 Å². The molecule has 2 aromatic rings. The van der Waals surface area contributed by atoms with Crippen LogP contribution in [0.2, 0.25) is 0 Å². The summed E-state index contributed by atoms with van der Waals surface area (Å²) >= 11 is 2.31.